The number of benzene rings is 1. The normalized spacial score (nSPS) is 22.0. The predicted molar refractivity (Wildman–Crippen MR) is 76.7 cm³/mol. The first-order chi connectivity index (χ1) is 10.7. The van der Waals surface area contributed by atoms with Crippen molar-refractivity contribution in [2.24, 2.45) is 5.92 Å². The van der Waals surface area contributed by atoms with Gasteiger partial charge in [-0.25, -0.2) is 0 Å². The quantitative estimate of drug-likeness (QED) is 0.927. The van der Waals surface area contributed by atoms with Crippen LogP contribution < -0.4 is 0 Å². The molecule has 126 valence electrons. The third-order valence-electron chi connectivity index (χ3n) is 4.26. The summed E-state index contributed by atoms with van der Waals surface area (Å²) in [7, 11) is 0. The van der Waals surface area contributed by atoms with E-state index in [-0.39, 0.29) is 12.3 Å². The number of hydrogen-bond donors (Lipinski definition) is 1. The van der Waals surface area contributed by atoms with E-state index in [4.69, 9.17) is 5.11 Å². The van der Waals surface area contributed by atoms with Gasteiger partial charge in [0, 0.05) is 12.6 Å². The van der Waals surface area contributed by atoms with E-state index in [1.165, 1.54) is 17.0 Å². The van der Waals surface area contributed by atoms with Crippen LogP contribution in [0, 0.1) is 5.92 Å². The van der Waals surface area contributed by atoms with E-state index in [2.05, 4.69) is 0 Å². The maximum atomic E-state index is 12.5. The van der Waals surface area contributed by atoms with Crippen molar-refractivity contribution in [2.75, 3.05) is 6.54 Å². The van der Waals surface area contributed by atoms with E-state index < -0.39 is 29.7 Å². The number of rotatable bonds is 3. The Kier molecular flexibility index (Phi) is 4.97. The Labute approximate surface area is 131 Å². The predicted octanol–water partition coefficient (Wildman–Crippen LogP) is 2.96. The number of amides is 1. The van der Waals surface area contributed by atoms with E-state index in [0.717, 1.165) is 12.1 Å². The molecule has 1 fully saturated rings. The van der Waals surface area contributed by atoms with Gasteiger partial charge in [0.15, 0.2) is 0 Å². The summed E-state index contributed by atoms with van der Waals surface area (Å²) in [5.41, 5.74) is -0.279. The van der Waals surface area contributed by atoms with Crippen LogP contribution in [0.15, 0.2) is 24.3 Å². The molecule has 0 saturated carbocycles. The Hall–Kier alpha value is -2.05. The van der Waals surface area contributed by atoms with Gasteiger partial charge in [-0.05, 0) is 37.5 Å². The van der Waals surface area contributed by atoms with Crippen molar-refractivity contribution in [3.63, 3.8) is 0 Å². The highest BCUT2D eigenvalue weighted by Gasteiger charge is 2.35. The standard InChI is InChI=1S/C16H18F3NO3/c1-10-13(15(22)23)3-2-8-20(10)14(21)9-11-4-6-12(7-5-11)16(17,18)19/h4-7,10,13H,2-3,8-9H2,1H3,(H,22,23)/t10-,13-/m1/s1. The van der Waals surface area contributed by atoms with Crippen LogP contribution in [0.5, 0.6) is 0 Å². The lowest BCUT2D eigenvalue weighted by Gasteiger charge is -2.37. The first-order valence-electron chi connectivity index (χ1n) is 7.38. The van der Waals surface area contributed by atoms with Gasteiger partial charge in [0.25, 0.3) is 0 Å². The van der Waals surface area contributed by atoms with Crippen LogP contribution in [0.25, 0.3) is 0 Å². The summed E-state index contributed by atoms with van der Waals surface area (Å²) in [6, 6.07) is 4.04. The lowest BCUT2D eigenvalue weighted by atomic mass is 9.90. The first-order valence-corrected chi connectivity index (χ1v) is 7.38. The van der Waals surface area contributed by atoms with Crippen LogP contribution >= 0.6 is 0 Å². The van der Waals surface area contributed by atoms with Crippen molar-refractivity contribution in [3.8, 4) is 0 Å². The minimum Gasteiger partial charge on any atom is -0.481 e. The number of halogens is 3. The number of carbonyl (C=O) groups excluding carboxylic acids is 1. The summed E-state index contributed by atoms with van der Waals surface area (Å²) in [6.45, 7) is 2.17. The molecule has 0 radical (unpaired) electrons. The minimum atomic E-state index is -4.40. The van der Waals surface area contributed by atoms with Crippen molar-refractivity contribution in [1.82, 2.24) is 4.90 Å². The molecule has 1 N–H and O–H groups in total. The fraction of sp³-hybridized carbons (Fsp3) is 0.500. The number of carboxylic acids is 1. The van der Waals surface area contributed by atoms with Crippen LogP contribution in [0.2, 0.25) is 0 Å². The molecule has 1 aromatic carbocycles. The average Bonchev–Trinajstić information content (AvgIpc) is 2.46. The Balaban J connectivity index is 2.05. The third-order valence-corrected chi connectivity index (χ3v) is 4.26. The first kappa shape index (κ1) is 17.3. The van der Waals surface area contributed by atoms with Crippen molar-refractivity contribution in [3.05, 3.63) is 35.4 Å². The molecule has 2 atom stereocenters. The SMILES string of the molecule is C[C@@H]1[C@H](C(=O)O)CCCN1C(=O)Cc1ccc(C(F)(F)F)cc1. The van der Waals surface area contributed by atoms with Gasteiger partial charge >= 0.3 is 12.1 Å². The summed E-state index contributed by atoms with van der Waals surface area (Å²) in [5, 5.41) is 9.16. The molecule has 1 aromatic rings. The molecule has 7 heteroatoms. The van der Waals surface area contributed by atoms with Crippen LogP contribution in [-0.2, 0) is 22.2 Å². The van der Waals surface area contributed by atoms with Crippen molar-refractivity contribution in [1.29, 1.82) is 0 Å². The summed E-state index contributed by atoms with van der Waals surface area (Å²) in [6.07, 6.45) is -3.30. The van der Waals surface area contributed by atoms with Gasteiger partial charge in [-0.15, -0.1) is 0 Å². The van der Waals surface area contributed by atoms with E-state index in [1.54, 1.807) is 6.92 Å². The molecule has 4 nitrogen and oxygen atoms in total. The van der Waals surface area contributed by atoms with Crippen molar-refractivity contribution < 1.29 is 27.9 Å². The minimum absolute atomic E-state index is 0.0329. The van der Waals surface area contributed by atoms with E-state index >= 15 is 0 Å². The van der Waals surface area contributed by atoms with Gasteiger partial charge in [0.1, 0.15) is 0 Å². The molecule has 0 spiro atoms. The fourth-order valence-electron chi connectivity index (χ4n) is 2.91. The third kappa shape index (κ3) is 4.03. The zero-order valence-electron chi connectivity index (χ0n) is 12.6. The molecule has 1 saturated heterocycles. The molecule has 0 bridgehead atoms. The molecular weight excluding hydrogens is 311 g/mol. The van der Waals surface area contributed by atoms with Crippen molar-refractivity contribution >= 4 is 11.9 Å². The van der Waals surface area contributed by atoms with Gasteiger partial charge in [0.2, 0.25) is 5.91 Å². The fourth-order valence-corrected chi connectivity index (χ4v) is 2.91. The summed E-state index contributed by atoms with van der Waals surface area (Å²) >= 11 is 0. The number of likely N-dealkylation sites (tertiary alicyclic amines) is 1. The second kappa shape index (κ2) is 6.60. The second-order valence-corrected chi connectivity index (χ2v) is 5.79. The number of hydrogen-bond acceptors (Lipinski definition) is 2. The van der Waals surface area contributed by atoms with Crippen LogP contribution in [0.1, 0.15) is 30.9 Å². The molecule has 1 aliphatic rings. The molecule has 23 heavy (non-hydrogen) atoms. The van der Waals surface area contributed by atoms with E-state index in [0.29, 0.717) is 24.9 Å². The number of aliphatic carboxylic acids is 1. The highest BCUT2D eigenvalue weighted by Crippen LogP contribution is 2.29. The number of piperidine rings is 1. The number of carbonyl (C=O) groups is 2. The van der Waals surface area contributed by atoms with Crippen LogP contribution in [-0.4, -0.2) is 34.5 Å². The highest BCUT2D eigenvalue weighted by molar-refractivity contribution is 5.80. The average molecular weight is 329 g/mol. The Morgan fingerprint density at radius 1 is 1.26 bits per heavy atom. The summed E-state index contributed by atoms with van der Waals surface area (Å²) in [5.74, 6) is -1.78. The molecular formula is C16H18F3NO3. The molecule has 0 aromatic heterocycles. The second-order valence-electron chi connectivity index (χ2n) is 5.79. The van der Waals surface area contributed by atoms with Gasteiger partial charge < -0.3 is 10.0 Å². The highest BCUT2D eigenvalue weighted by atomic mass is 19.4. The number of alkyl halides is 3. The molecule has 0 unspecified atom stereocenters. The molecule has 2 rings (SSSR count). The zero-order chi connectivity index (χ0) is 17.2. The summed E-state index contributed by atoms with van der Waals surface area (Å²) < 4.78 is 37.5. The lowest BCUT2D eigenvalue weighted by Crippen LogP contribution is -2.49. The van der Waals surface area contributed by atoms with Crippen LogP contribution in [0.4, 0.5) is 13.2 Å². The van der Waals surface area contributed by atoms with Gasteiger partial charge in [-0.1, -0.05) is 12.1 Å². The smallest absolute Gasteiger partial charge is 0.416 e. The van der Waals surface area contributed by atoms with Gasteiger partial charge in [-0.2, -0.15) is 13.2 Å². The summed E-state index contributed by atoms with van der Waals surface area (Å²) in [4.78, 5) is 25.0. The molecule has 1 aliphatic heterocycles. The van der Waals surface area contributed by atoms with E-state index in [1.807, 2.05) is 0 Å². The maximum Gasteiger partial charge on any atom is 0.416 e. The zero-order valence-corrected chi connectivity index (χ0v) is 12.6. The Morgan fingerprint density at radius 3 is 2.39 bits per heavy atom. The largest absolute Gasteiger partial charge is 0.481 e. The van der Waals surface area contributed by atoms with Gasteiger partial charge in [-0.3, -0.25) is 9.59 Å². The molecule has 1 heterocycles. The molecule has 1 amide bonds. The maximum absolute atomic E-state index is 12.5. The number of nitrogens with zero attached hydrogens (tertiary/aromatic N) is 1. The Morgan fingerprint density at radius 2 is 1.87 bits per heavy atom. The lowest BCUT2D eigenvalue weighted by molar-refractivity contribution is -0.148. The van der Waals surface area contributed by atoms with Crippen LogP contribution in [0.3, 0.4) is 0 Å². The van der Waals surface area contributed by atoms with Crippen molar-refractivity contribution in [2.45, 2.75) is 38.4 Å². The monoisotopic (exact) mass is 329 g/mol. The molecule has 0 aliphatic carbocycles. The van der Waals surface area contributed by atoms with Gasteiger partial charge in [0.05, 0.1) is 17.9 Å². The number of carboxylic acid groups (broad SMARTS) is 1. The van der Waals surface area contributed by atoms with E-state index in [9.17, 15) is 22.8 Å². The topological polar surface area (TPSA) is 57.6 Å². The Bertz CT molecular complexity index is 583.